The third-order valence-electron chi connectivity index (χ3n) is 5.79. The summed E-state index contributed by atoms with van der Waals surface area (Å²) in [6.45, 7) is 3.22. The van der Waals surface area contributed by atoms with Crippen LogP contribution in [0, 0.1) is 18.6 Å². The maximum Gasteiger partial charge on any atom is 0.411 e. The van der Waals surface area contributed by atoms with Crippen LogP contribution < -0.4 is 16.0 Å². The van der Waals surface area contributed by atoms with E-state index in [0.29, 0.717) is 30.7 Å². The van der Waals surface area contributed by atoms with Crippen LogP contribution in [0.25, 0.3) is 11.3 Å². The smallest absolute Gasteiger partial charge is 0.411 e. The Bertz CT molecular complexity index is 1450. The summed E-state index contributed by atoms with van der Waals surface area (Å²) in [5.74, 6) is -2.99. The fourth-order valence-electron chi connectivity index (χ4n) is 4.12. The van der Waals surface area contributed by atoms with E-state index in [0.717, 1.165) is 12.1 Å². The van der Waals surface area contributed by atoms with Gasteiger partial charge in [-0.15, -0.1) is 0 Å². The van der Waals surface area contributed by atoms with Crippen LogP contribution in [0.15, 0.2) is 36.4 Å². The van der Waals surface area contributed by atoms with Crippen LogP contribution in [-0.4, -0.2) is 34.5 Å². The number of amides is 3. The van der Waals surface area contributed by atoms with Crippen molar-refractivity contribution in [3.8, 4) is 11.3 Å². The Morgan fingerprint density at radius 1 is 1.08 bits per heavy atom. The zero-order chi connectivity index (χ0) is 28.1. The molecular weight excluding hydrogens is 532 g/mol. The Morgan fingerprint density at radius 2 is 1.77 bits per heavy atom. The number of rotatable bonds is 4. The maximum atomic E-state index is 14.6. The van der Waals surface area contributed by atoms with E-state index in [2.05, 4.69) is 25.9 Å². The van der Waals surface area contributed by atoms with E-state index in [-0.39, 0.29) is 52.4 Å². The van der Waals surface area contributed by atoms with Gasteiger partial charge in [0, 0.05) is 18.5 Å². The van der Waals surface area contributed by atoms with Gasteiger partial charge in [0.05, 0.1) is 23.5 Å². The number of nitrogens with zero attached hydrogens (tertiary/aromatic N) is 1. The first-order valence-electron chi connectivity index (χ1n) is 12.2. The van der Waals surface area contributed by atoms with E-state index < -0.39 is 29.2 Å². The van der Waals surface area contributed by atoms with E-state index in [9.17, 15) is 23.2 Å². The number of carbonyl (C=O) groups excluding carboxylic acids is 3. The van der Waals surface area contributed by atoms with Crippen molar-refractivity contribution in [1.82, 2.24) is 9.97 Å². The highest BCUT2D eigenvalue weighted by molar-refractivity contribution is 6.32. The molecule has 39 heavy (non-hydrogen) atoms. The molecule has 0 saturated heterocycles. The number of hydrogen-bond acceptors (Lipinski definition) is 5. The Kier molecular flexibility index (Phi) is 8.60. The van der Waals surface area contributed by atoms with Gasteiger partial charge in [0.15, 0.2) is 0 Å². The minimum atomic E-state index is -1.09. The van der Waals surface area contributed by atoms with Crippen LogP contribution in [-0.2, 0) is 16.0 Å². The summed E-state index contributed by atoms with van der Waals surface area (Å²) >= 11 is 6.50. The molecule has 12 heteroatoms. The lowest BCUT2D eigenvalue weighted by Gasteiger charge is -2.18. The van der Waals surface area contributed by atoms with Gasteiger partial charge in [-0.1, -0.05) is 23.8 Å². The molecule has 3 amide bonds. The number of benzene rings is 2. The molecule has 2 bridgehead atoms. The average molecular weight is 558 g/mol. The van der Waals surface area contributed by atoms with E-state index >= 15 is 0 Å². The number of anilines is 3. The summed E-state index contributed by atoms with van der Waals surface area (Å²) in [7, 11) is 0. The Balaban J connectivity index is 1.89. The third-order valence-corrected chi connectivity index (χ3v) is 6.07. The van der Waals surface area contributed by atoms with E-state index in [1.54, 1.807) is 6.92 Å². The molecule has 204 valence electrons. The van der Waals surface area contributed by atoms with Crippen LogP contribution in [0.4, 0.5) is 30.6 Å². The molecular formula is C27H26ClF2N5O4. The highest BCUT2D eigenvalue weighted by atomic mass is 35.5. The summed E-state index contributed by atoms with van der Waals surface area (Å²) < 4.78 is 34.2. The molecule has 4 N–H and O–H groups in total. The first-order valence-corrected chi connectivity index (χ1v) is 12.6. The quantitative estimate of drug-likeness (QED) is 0.278. The number of aromatic amines is 1. The first kappa shape index (κ1) is 27.8. The van der Waals surface area contributed by atoms with Gasteiger partial charge in [-0.25, -0.2) is 18.6 Å². The van der Waals surface area contributed by atoms with Crippen molar-refractivity contribution in [2.24, 2.45) is 0 Å². The molecule has 1 aromatic heterocycles. The molecule has 0 aliphatic carbocycles. The van der Waals surface area contributed by atoms with Crippen molar-refractivity contribution in [2.75, 3.05) is 22.6 Å². The van der Waals surface area contributed by atoms with Gasteiger partial charge >= 0.3 is 6.09 Å². The SMILES string of the molecule is CCOC(=O)Nc1cc2c(c(NC(=O)c3c(F)cc(C)cc3F)c1)-c1nc([nH]c1Cl)CCC=CCCC(=O)N2. The highest BCUT2D eigenvalue weighted by Gasteiger charge is 2.25. The molecule has 3 aromatic rings. The summed E-state index contributed by atoms with van der Waals surface area (Å²) in [5.41, 5.74) is 0.132. The lowest BCUT2D eigenvalue weighted by molar-refractivity contribution is -0.116. The van der Waals surface area contributed by atoms with Crippen molar-refractivity contribution < 1.29 is 27.9 Å². The van der Waals surface area contributed by atoms with Gasteiger partial charge in [-0.05, 0) is 56.5 Å². The highest BCUT2D eigenvalue weighted by Crippen LogP contribution is 2.41. The average Bonchev–Trinajstić information content (AvgIpc) is 3.20. The zero-order valence-electron chi connectivity index (χ0n) is 21.2. The zero-order valence-corrected chi connectivity index (χ0v) is 22.0. The maximum absolute atomic E-state index is 14.6. The van der Waals surface area contributed by atoms with Crippen molar-refractivity contribution >= 4 is 46.6 Å². The largest absolute Gasteiger partial charge is 0.450 e. The predicted molar refractivity (Wildman–Crippen MR) is 144 cm³/mol. The van der Waals surface area contributed by atoms with E-state index in [4.69, 9.17) is 16.3 Å². The second-order valence-electron chi connectivity index (χ2n) is 8.79. The topological polar surface area (TPSA) is 125 Å². The summed E-state index contributed by atoms with van der Waals surface area (Å²) in [6, 6.07) is 4.88. The molecule has 4 rings (SSSR count). The molecule has 1 aliphatic rings. The standard InChI is InChI=1S/C27H26ClF2N5O4/c1-3-39-27(38)31-15-12-18-23(19(13-15)33-26(37)22-16(29)10-14(2)11-17(22)30)24-25(28)35-20(34-24)8-6-4-5-7-9-21(36)32-18/h4-5,10-13H,3,6-9H2,1-2H3,(H,31,38)(H,32,36)(H,33,37)(H,34,35). The van der Waals surface area contributed by atoms with Gasteiger partial charge in [0.25, 0.3) is 5.91 Å². The number of aryl methyl sites for hydroxylation is 2. The summed E-state index contributed by atoms with van der Waals surface area (Å²) in [5, 5.41) is 7.93. The molecule has 0 saturated carbocycles. The number of halogens is 3. The van der Waals surface area contributed by atoms with Crippen LogP contribution in [0.3, 0.4) is 0 Å². The van der Waals surface area contributed by atoms with Crippen LogP contribution in [0.5, 0.6) is 0 Å². The lowest BCUT2D eigenvalue weighted by Crippen LogP contribution is -2.19. The number of aromatic nitrogens is 2. The van der Waals surface area contributed by atoms with Crippen molar-refractivity contribution in [2.45, 2.75) is 39.5 Å². The Labute approximate surface area is 228 Å². The second kappa shape index (κ2) is 12.1. The van der Waals surface area contributed by atoms with Gasteiger partial charge in [-0.3, -0.25) is 14.9 Å². The summed E-state index contributed by atoms with van der Waals surface area (Å²) in [4.78, 5) is 45.7. The van der Waals surface area contributed by atoms with Gasteiger partial charge in [-0.2, -0.15) is 0 Å². The van der Waals surface area contributed by atoms with Crippen LogP contribution in [0.2, 0.25) is 5.15 Å². The summed E-state index contributed by atoms with van der Waals surface area (Å²) in [6.07, 6.45) is 4.86. The molecule has 0 unspecified atom stereocenters. The molecule has 1 aliphatic heterocycles. The molecule has 0 radical (unpaired) electrons. The van der Waals surface area contributed by atoms with E-state index in [1.807, 2.05) is 12.2 Å². The number of allylic oxidation sites excluding steroid dienone is 2. The van der Waals surface area contributed by atoms with E-state index in [1.165, 1.54) is 19.1 Å². The third kappa shape index (κ3) is 6.61. The molecule has 0 spiro atoms. The predicted octanol–water partition coefficient (Wildman–Crippen LogP) is 6.36. The van der Waals surface area contributed by atoms with Crippen molar-refractivity contribution in [3.63, 3.8) is 0 Å². The lowest BCUT2D eigenvalue weighted by atomic mass is 10.0. The first-order chi connectivity index (χ1) is 18.7. The number of carbonyl (C=O) groups is 3. The molecule has 2 heterocycles. The number of H-pyrrole nitrogens is 1. The number of hydrogen-bond donors (Lipinski definition) is 4. The Hall–Kier alpha value is -4.25. The number of nitrogens with one attached hydrogen (secondary N) is 4. The van der Waals surface area contributed by atoms with Crippen LogP contribution in [0.1, 0.15) is 47.9 Å². The number of imidazole rings is 1. The molecule has 2 aromatic carbocycles. The van der Waals surface area contributed by atoms with Crippen LogP contribution >= 0.6 is 11.6 Å². The Morgan fingerprint density at radius 3 is 2.46 bits per heavy atom. The van der Waals surface area contributed by atoms with Crippen molar-refractivity contribution in [3.05, 3.63) is 70.2 Å². The van der Waals surface area contributed by atoms with Gasteiger partial charge in [0.1, 0.15) is 33.9 Å². The van der Waals surface area contributed by atoms with Crippen molar-refractivity contribution in [1.29, 1.82) is 0 Å². The minimum absolute atomic E-state index is 0.0167. The fraction of sp³-hybridized carbons (Fsp3) is 0.259. The number of ether oxygens (including phenoxy) is 1. The minimum Gasteiger partial charge on any atom is -0.450 e. The normalized spacial score (nSPS) is 13.3. The molecule has 0 atom stereocenters. The second-order valence-corrected chi connectivity index (χ2v) is 9.17. The number of fused-ring (bicyclic) bond motifs is 4. The molecule has 0 fully saturated rings. The fourth-order valence-corrected chi connectivity index (χ4v) is 4.36. The monoisotopic (exact) mass is 557 g/mol. The van der Waals surface area contributed by atoms with Gasteiger partial charge in [0.2, 0.25) is 5.91 Å². The molecule has 9 nitrogen and oxygen atoms in total. The van der Waals surface area contributed by atoms with Gasteiger partial charge < -0.3 is 20.4 Å².